The first kappa shape index (κ1) is 20.7. The molecule has 2 aromatic heterocycles. The zero-order valence-corrected chi connectivity index (χ0v) is 19.0. The molecule has 2 amide bonds. The Labute approximate surface area is 194 Å². The highest BCUT2D eigenvalue weighted by atomic mass is 35.5. The summed E-state index contributed by atoms with van der Waals surface area (Å²) in [6.45, 7) is 2.88. The molecule has 2 aromatic carbocycles. The molecule has 4 aromatic rings. The number of primary amides is 1. The lowest BCUT2D eigenvalue weighted by Crippen LogP contribution is -2.51. The topological polar surface area (TPSA) is 81.2 Å². The van der Waals surface area contributed by atoms with Crippen molar-refractivity contribution in [2.75, 3.05) is 0 Å². The number of benzene rings is 2. The van der Waals surface area contributed by atoms with Gasteiger partial charge in [0.25, 0.3) is 5.91 Å². The monoisotopic (exact) mass is 464 g/mol. The van der Waals surface area contributed by atoms with Gasteiger partial charge in [-0.2, -0.15) is 5.10 Å². The molecule has 0 radical (unpaired) electrons. The Bertz CT molecular complexity index is 1340. The number of nitrogens with two attached hydrogens (primary N) is 1. The quantitative estimate of drug-likeness (QED) is 0.492. The van der Waals surface area contributed by atoms with Gasteiger partial charge in [0.1, 0.15) is 10.9 Å². The number of hydrogen-bond donors (Lipinski definition) is 1. The summed E-state index contributed by atoms with van der Waals surface area (Å²) in [7, 11) is 0. The van der Waals surface area contributed by atoms with E-state index in [2.05, 4.69) is 5.10 Å². The average molecular weight is 465 g/mol. The highest BCUT2D eigenvalue weighted by Gasteiger charge is 2.34. The van der Waals surface area contributed by atoms with Crippen LogP contribution in [0.2, 0.25) is 5.02 Å². The molecule has 0 spiro atoms. The molecule has 0 fully saturated rings. The van der Waals surface area contributed by atoms with Crippen molar-refractivity contribution in [3.63, 3.8) is 0 Å². The van der Waals surface area contributed by atoms with Crippen LogP contribution in [0.1, 0.15) is 32.1 Å². The van der Waals surface area contributed by atoms with Crippen molar-refractivity contribution in [3.05, 3.63) is 86.9 Å². The van der Waals surface area contributed by atoms with Crippen LogP contribution in [0.3, 0.4) is 0 Å². The molecule has 1 atom stereocenters. The minimum Gasteiger partial charge on any atom is -0.368 e. The summed E-state index contributed by atoms with van der Waals surface area (Å²) >= 11 is 7.39. The predicted octanol–water partition coefficient (Wildman–Crippen LogP) is 4.16. The number of aromatic nitrogens is 2. The van der Waals surface area contributed by atoms with Gasteiger partial charge in [-0.1, -0.05) is 48.0 Å². The number of carbonyl (C=O) groups is 2. The van der Waals surface area contributed by atoms with Crippen molar-refractivity contribution in [2.24, 2.45) is 5.73 Å². The van der Waals surface area contributed by atoms with Crippen molar-refractivity contribution < 1.29 is 9.59 Å². The van der Waals surface area contributed by atoms with E-state index in [1.165, 1.54) is 11.3 Å². The Morgan fingerprint density at radius 3 is 2.59 bits per heavy atom. The third-order valence-electron chi connectivity index (χ3n) is 5.90. The van der Waals surface area contributed by atoms with Crippen molar-refractivity contribution in [2.45, 2.75) is 32.5 Å². The van der Waals surface area contributed by atoms with E-state index in [4.69, 9.17) is 17.3 Å². The Balaban J connectivity index is 1.48. The minimum atomic E-state index is -0.658. The molecule has 0 aliphatic carbocycles. The fourth-order valence-electron chi connectivity index (χ4n) is 4.22. The van der Waals surface area contributed by atoms with Crippen LogP contribution < -0.4 is 5.73 Å². The number of fused-ring (bicyclic) bond motifs is 2. The fraction of sp³-hybridized carbons (Fsp3) is 0.208. The van der Waals surface area contributed by atoms with Crippen LogP contribution in [0, 0.1) is 6.92 Å². The molecule has 8 heteroatoms. The van der Waals surface area contributed by atoms with E-state index < -0.39 is 11.9 Å². The molecule has 0 bridgehead atoms. The summed E-state index contributed by atoms with van der Waals surface area (Å²) in [5, 5.41) is 6.28. The number of halogens is 1. The molecule has 1 unspecified atom stereocenters. The third kappa shape index (κ3) is 3.67. The number of rotatable bonds is 4. The van der Waals surface area contributed by atoms with Crippen LogP contribution >= 0.6 is 22.9 Å². The number of thiophene rings is 1. The normalized spacial score (nSPS) is 15.7. The van der Waals surface area contributed by atoms with Crippen molar-refractivity contribution in [3.8, 4) is 0 Å². The highest BCUT2D eigenvalue weighted by Crippen LogP contribution is 2.32. The fourth-order valence-corrected chi connectivity index (χ4v) is 5.46. The Morgan fingerprint density at radius 1 is 1.16 bits per heavy atom. The lowest BCUT2D eigenvalue weighted by Gasteiger charge is -2.34. The summed E-state index contributed by atoms with van der Waals surface area (Å²) in [6.07, 6.45) is 0.436. The van der Waals surface area contributed by atoms with E-state index in [0.29, 0.717) is 29.4 Å². The summed E-state index contributed by atoms with van der Waals surface area (Å²) in [5.41, 5.74) is 9.72. The molecular formula is C24H21ClN4O2S. The molecule has 0 saturated carbocycles. The summed E-state index contributed by atoms with van der Waals surface area (Å²) in [4.78, 5) is 28.8. The maximum Gasteiger partial charge on any atom is 0.265 e. The van der Waals surface area contributed by atoms with Crippen molar-refractivity contribution >= 4 is 45.0 Å². The van der Waals surface area contributed by atoms with Crippen molar-refractivity contribution in [1.29, 1.82) is 0 Å². The Hall–Kier alpha value is -3.16. The van der Waals surface area contributed by atoms with Crippen LogP contribution in [0.25, 0.3) is 10.2 Å². The maximum atomic E-state index is 13.5. The van der Waals surface area contributed by atoms with Crippen molar-refractivity contribution in [1.82, 2.24) is 14.7 Å². The average Bonchev–Trinajstić information content (AvgIpc) is 3.35. The number of aryl methyl sites for hydroxylation is 1. The smallest absolute Gasteiger partial charge is 0.265 e. The molecule has 6 nitrogen and oxygen atoms in total. The van der Waals surface area contributed by atoms with E-state index in [-0.39, 0.29) is 5.91 Å². The second-order valence-electron chi connectivity index (χ2n) is 8.02. The lowest BCUT2D eigenvalue weighted by molar-refractivity contribution is -0.122. The summed E-state index contributed by atoms with van der Waals surface area (Å²) in [6, 6.07) is 16.7. The number of carbonyl (C=O) groups excluding carboxylic acids is 2. The largest absolute Gasteiger partial charge is 0.368 e. The van der Waals surface area contributed by atoms with Gasteiger partial charge in [-0.05, 0) is 41.8 Å². The van der Waals surface area contributed by atoms with Gasteiger partial charge in [0.05, 0.1) is 17.1 Å². The van der Waals surface area contributed by atoms with E-state index in [1.54, 1.807) is 4.90 Å². The van der Waals surface area contributed by atoms with Crippen LogP contribution in [-0.2, 0) is 24.3 Å². The summed E-state index contributed by atoms with van der Waals surface area (Å²) < 4.78 is 1.91. The molecular weight excluding hydrogens is 444 g/mol. The molecule has 0 saturated heterocycles. The second kappa shape index (κ2) is 8.07. The third-order valence-corrected chi connectivity index (χ3v) is 7.29. The summed E-state index contributed by atoms with van der Waals surface area (Å²) in [5.74, 6) is -0.666. The molecule has 1 aliphatic rings. The first-order valence-electron chi connectivity index (χ1n) is 10.3. The SMILES string of the molecule is Cc1nn(Cc2ccc(Cl)cc2)c2sc(C(=O)N3Cc4ccccc4CC3C(N)=O)cc12. The van der Waals surface area contributed by atoms with Gasteiger partial charge in [0, 0.05) is 23.4 Å². The van der Waals surface area contributed by atoms with E-state index >= 15 is 0 Å². The van der Waals surface area contributed by atoms with E-state index in [9.17, 15) is 9.59 Å². The number of hydrogen-bond acceptors (Lipinski definition) is 4. The van der Waals surface area contributed by atoms with Crippen LogP contribution in [-0.4, -0.2) is 32.5 Å². The van der Waals surface area contributed by atoms with Gasteiger partial charge in [0.2, 0.25) is 5.91 Å². The van der Waals surface area contributed by atoms with E-state index in [0.717, 1.165) is 32.6 Å². The minimum absolute atomic E-state index is 0.179. The molecule has 32 heavy (non-hydrogen) atoms. The first-order valence-corrected chi connectivity index (χ1v) is 11.5. The van der Waals surface area contributed by atoms with Gasteiger partial charge < -0.3 is 10.6 Å². The van der Waals surface area contributed by atoms with E-state index in [1.807, 2.05) is 66.2 Å². The van der Waals surface area contributed by atoms with Crippen LogP contribution in [0.4, 0.5) is 0 Å². The predicted molar refractivity (Wildman–Crippen MR) is 126 cm³/mol. The zero-order chi connectivity index (χ0) is 22.4. The first-order chi connectivity index (χ1) is 15.4. The molecule has 162 valence electrons. The Kier molecular flexibility index (Phi) is 5.23. The van der Waals surface area contributed by atoms with Gasteiger partial charge in [-0.15, -0.1) is 11.3 Å². The lowest BCUT2D eigenvalue weighted by atomic mass is 9.93. The standard InChI is InChI=1S/C24H21ClN4O2S/c1-14-19-11-21(32-24(19)29(27-14)12-15-6-8-18(25)9-7-15)23(31)28-13-17-5-3-2-4-16(17)10-20(28)22(26)30/h2-9,11,20H,10,12-13H2,1H3,(H2,26,30). The highest BCUT2D eigenvalue weighted by molar-refractivity contribution is 7.20. The number of nitrogens with zero attached hydrogens (tertiary/aromatic N) is 3. The van der Waals surface area contributed by atoms with Gasteiger partial charge in [0.15, 0.2) is 0 Å². The van der Waals surface area contributed by atoms with Crippen LogP contribution in [0.5, 0.6) is 0 Å². The number of amides is 2. The van der Waals surface area contributed by atoms with Crippen LogP contribution in [0.15, 0.2) is 54.6 Å². The van der Waals surface area contributed by atoms with Gasteiger partial charge >= 0.3 is 0 Å². The van der Waals surface area contributed by atoms with Gasteiger partial charge in [-0.25, -0.2) is 0 Å². The molecule has 1 aliphatic heterocycles. The Morgan fingerprint density at radius 2 is 1.88 bits per heavy atom. The second-order valence-corrected chi connectivity index (χ2v) is 9.49. The maximum absolute atomic E-state index is 13.5. The van der Waals surface area contributed by atoms with Gasteiger partial charge in [-0.3, -0.25) is 14.3 Å². The molecule has 5 rings (SSSR count). The molecule has 3 heterocycles. The molecule has 2 N–H and O–H groups in total. The zero-order valence-electron chi connectivity index (χ0n) is 17.4.